The molecule has 2 aromatic rings. The standard InChI is InChI=1S/C11H17N5O9P2S/c1-28-27(21,22)25-26(19,20)23-2-5-7(17)8(18)11(24-5)16-4-15-6-9(12)13-3-14-10(6)16/h3-5,7-8,11,17-18H,2H2,1H3,(H,19,20)(H,21,22)(H2,12,13,14)/t5-,7-,8-,11-/m1/s1. The number of phosphoric acid groups is 1. The van der Waals surface area contributed by atoms with Gasteiger partial charge in [0.05, 0.1) is 12.9 Å². The molecule has 1 saturated heterocycles. The van der Waals surface area contributed by atoms with Gasteiger partial charge in [0.2, 0.25) is 0 Å². The van der Waals surface area contributed by atoms with Gasteiger partial charge >= 0.3 is 14.6 Å². The van der Waals surface area contributed by atoms with Gasteiger partial charge in [-0.2, -0.15) is 4.31 Å². The third-order valence-electron chi connectivity index (χ3n) is 3.84. The number of aromatic nitrogens is 4. The molecule has 6 N–H and O–H groups in total. The first kappa shape index (κ1) is 21.6. The van der Waals surface area contributed by atoms with Crippen molar-refractivity contribution in [3.8, 4) is 0 Å². The first-order chi connectivity index (χ1) is 13.0. The lowest BCUT2D eigenvalue weighted by atomic mass is 10.1. The van der Waals surface area contributed by atoms with E-state index in [-0.39, 0.29) is 17.0 Å². The number of ether oxygens (including phenoxy) is 1. The SMILES string of the molecule is CSP(=O)(O)OP(=O)(O)OC[C@H]1O[C@@H](n2cnc3c(N)ncnc32)[C@H](O)[C@@H]1O. The minimum atomic E-state index is -4.92. The number of nitrogens with two attached hydrogens (primary N) is 1. The van der Waals surface area contributed by atoms with E-state index >= 15 is 0 Å². The molecule has 0 saturated carbocycles. The number of fused-ring (bicyclic) bond motifs is 1. The van der Waals surface area contributed by atoms with Crippen LogP contribution in [-0.2, 0) is 22.7 Å². The van der Waals surface area contributed by atoms with Crippen LogP contribution in [0.25, 0.3) is 11.2 Å². The highest BCUT2D eigenvalue weighted by Gasteiger charge is 2.46. The van der Waals surface area contributed by atoms with Crippen LogP contribution in [0.2, 0.25) is 0 Å². The summed E-state index contributed by atoms with van der Waals surface area (Å²) in [6.07, 6.45) is -1.71. The normalized spacial score (nSPS) is 29.6. The Labute approximate surface area is 161 Å². The molecule has 0 radical (unpaired) electrons. The average Bonchev–Trinajstić information content (AvgIpc) is 3.16. The van der Waals surface area contributed by atoms with E-state index in [1.54, 1.807) is 0 Å². The van der Waals surface area contributed by atoms with E-state index in [0.717, 1.165) is 0 Å². The molecule has 3 rings (SSSR count). The number of nitrogens with zero attached hydrogens (tertiary/aromatic N) is 4. The molecule has 17 heteroatoms. The van der Waals surface area contributed by atoms with Gasteiger partial charge in [0.1, 0.15) is 30.2 Å². The fourth-order valence-corrected chi connectivity index (χ4v) is 5.70. The lowest BCUT2D eigenvalue weighted by Crippen LogP contribution is -2.33. The number of hydrogen-bond acceptors (Lipinski definition) is 12. The zero-order valence-corrected chi connectivity index (χ0v) is 16.8. The molecule has 1 aliphatic heterocycles. The number of aliphatic hydroxyl groups excluding tert-OH is 2. The van der Waals surface area contributed by atoms with E-state index in [2.05, 4.69) is 23.8 Å². The third-order valence-corrected chi connectivity index (χ3v) is 8.41. The Bertz CT molecular complexity index is 960. The molecule has 2 unspecified atom stereocenters. The fraction of sp³-hybridized carbons (Fsp3) is 0.545. The van der Waals surface area contributed by atoms with Crippen LogP contribution in [0.5, 0.6) is 0 Å². The molecular formula is C11H17N5O9P2S. The van der Waals surface area contributed by atoms with Crippen LogP contribution >= 0.6 is 26.0 Å². The highest BCUT2D eigenvalue weighted by molar-refractivity contribution is 8.55. The summed E-state index contributed by atoms with van der Waals surface area (Å²) in [5.41, 5.74) is 6.20. The van der Waals surface area contributed by atoms with E-state index in [9.17, 15) is 29.1 Å². The molecule has 0 amide bonds. The number of nitrogen functional groups attached to an aromatic ring is 1. The molecule has 0 aromatic carbocycles. The van der Waals surface area contributed by atoms with Crippen molar-refractivity contribution in [3.63, 3.8) is 0 Å². The van der Waals surface area contributed by atoms with Crippen LogP contribution < -0.4 is 5.73 Å². The lowest BCUT2D eigenvalue weighted by molar-refractivity contribution is -0.0501. The number of imidazole rings is 1. The van der Waals surface area contributed by atoms with Crippen LogP contribution in [-0.4, -0.2) is 70.7 Å². The molecule has 28 heavy (non-hydrogen) atoms. The zero-order chi connectivity index (χ0) is 20.7. The fourth-order valence-electron chi connectivity index (χ4n) is 2.51. The maximum atomic E-state index is 11.8. The van der Waals surface area contributed by atoms with Gasteiger partial charge in [0, 0.05) is 0 Å². The topological polar surface area (TPSA) is 212 Å². The van der Waals surface area contributed by atoms with Gasteiger partial charge in [-0.25, -0.2) is 24.1 Å². The molecule has 1 aliphatic rings. The highest BCUT2D eigenvalue weighted by atomic mass is 32.7. The molecule has 6 atom stereocenters. The van der Waals surface area contributed by atoms with Crippen LogP contribution in [0.1, 0.15) is 6.23 Å². The summed E-state index contributed by atoms with van der Waals surface area (Å²) in [5.74, 6) is 0.109. The Morgan fingerprint density at radius 3 is 2.68 bits per heavy atom. The smallest absolute Gasteiger partial charge is 0.387 e. The highest BCUT2D eigenvalue weighted by Crippen LogP contribution is 2.66. The number of anilines is 1. The number of aliphatic hydroxyl groups is 2. The Morgan fingerprint density at radius 1 is 1.29 bits per heavy atom. The largest absolute Gasteiger partial charge is 0.480 e. The molecule has 156 valence electrons. The van der Waals surface area contributed by atoms with Crippen LogP contribution in [0.3, 0.4) is 0 Å². The van der Waals surface area contributed by atoms with Gasteiger partial charge in [0.25, 0.3) is 0 Å². The first-order valence-electron chi connectivity index (χ1n) is 7.56. The van der Waals surface area contributed by atoms with Crippen molar-refractivity contribution < 1.29 is 42.7 Å². The van der Waals surface area contributed by atoms with Gasteiger partial charge in [-0.1, -0.05) is 0 Å². The minimum absolute atomic E-state index is 0.109. The third kappa shape index (κ3) is 4.39. The van der Waals surface area contributed by atoms with E-state index in [0.29, 0.717) is 11.4 Å². The quantitative estimate of drug-likeness (QED) is 0.336. The Morgan fingerprint density at radius 2 is 2.00 bits per heavy atom. The summed E-state index contributed by atoms with van der Waals surface area (Å²) >= 11 is 0.337. The van der Waals surface area contributed by atoms with Crippen LogP contribution in [0, 0.1) is 0 Å². The van der Waals surface area contributed by atoms with Crippen molar-refractivity contribution in [2.24, 2.45) is 0 Å². The van der Waals surface area contributed by atoms with E-state index in [1.807, 2.05) is 0 Å². The second-order valence-electron chi connectivity index (χ2n) is 5.63. The van der Waals surface area contributed by atoms with E-state index in [1.165, 1.54) is 23.5 Å². The van der Waals surface area contributed by atoms with Gasteiger partial charge in [-0.05, 0) is 17.6 Å². The van der Waals surface area contributed by atoms with Gasteiger partial charge in [0.15, 0.2) is 17.7 Å². The van der Waals surface area contributed by atoms with Crippen molar-refractivity contribution in [2.45, 2.75) is 24.5 Å². The summed E-state index contributed by atoms with van der Waals surface area (Å²) < 4.78 is 38.8. The summed E-state index contributed by atoms with van der Waals surface area (Å²) in [6.45, 7) is -5.09. The van der Waals surface area contributed by atoms with Crippen molar-refractivity contribution in [2.75, 3.05) is 18.6 Å². The number of rotatable bonds is 7. The molecule has 14 nitrogen and oxygen atoms in total. The molecule has 3 heterocycles. The second-order valence-corrected chi connectivity index (χ2v) is 11.3. The van der Waals surface area contributed by atoms with Crippen molar-refractivity contribution in [1.29, 1.82) is 0 Å². The molecule has 0 aliphatic carbocycles. The van der Waals surface area contributed by atoms with Crippen molar-refractivity contribution >= 4 is 43.0 Å². The first-order valence-corrected chi connectivity index (χ1v) is 12.5. The Kier molecular flexibility index (Phi) is 6.13. The zero-order valence-electron chi connectivity index (χ0n) is 14.2. The summed E-state index contributed by atoms with van der Waals surface area (Å²) in [7, 11) is -4.92. The molecule has 0 bridgehead atoms. The Balaban J connectivity index is 1.73. The lowest BCUT2D eigenvalue weighted by Gasteiger charge is -2.18. The van der Waals surface area contributed by atoms with Crippen molar-refractivity contribution in [1.82, 2.24) is 19.5 Å². The monoisotopic (exact) mass is 457 g/mol. The molecule has 1 fully saturated rings. The summed E-state index contributed by atoms with van der Waals surface area (Å²) in [6, 6.07) is 0. The maximum Gasteiger partial charge on any atom is 0.480 e. The predicted octanol–water partition coefficient (Wildman–Crippen LogP) is -0.375. The Hall–Kier alpha value is -1.12. The number of phosphoric ester groups is 1. The minimum Gasteiger partial charge on any atom is -0.387 e. The summed E-state index contributed by atoms with van der Waals surface area (Å²) in [5, 5.41) is 20.4. The number of hydrogen-bond donors (Lipinski definition) is 5. The van der Waals surface area contributed by atoms with E-state index in [4.69, 9.17) is 10.5 Å². The van der Waals surface area contributed by atoms with E-state index < -0.39 is 45.8 Å². The molecule has 2 aromatic heterocycles. The molecular weight excluding hydrogens is 440 g/mol. The van der Waals surface area contributed by atoms with Gasteiger partial charge < -0.3 is 30.5 Å². The summed E-state index contributed by atoms with van der Waals surface area (Å²) in [4.78, 5) is 30.6. The van der Waals surface area contributed by atoms with Crippen LogP contribution in [0.15, 0.2) is 12.7 Å². The van der Waals surface area contributed by atoms with Gasteiger partial charge in [-0.15, -0.1) is 0 Å². The predicted molar refractivity (Wildman–Crippen MR) is 95.9 cm³/mol. The molecule has 0 spiro atoms. The maximum absolute atomic E-state index is 11.8. The van der Waals surface area contributed by atoms with Crippen LogP contribution in [0.4, 0.5) is 5.82 Å². The average molecular weight is 457 g/mol. The van der Waals surface area contributed by atoms with Crippen molar-refractivity contribution in [3.05, 3.63) is 12.7 Å². The van der Waals surface area contributed by atoms with Gasteiger partial charge in [-0.3, -0.25) is 9.09 Å². The second kappa shape index (κ2) is 7.95.